The lowest BCUT2D eigenvalue weighted by atomic mass is 10.0. The summed E-state index contributed by atoms with van der Waals surface area (Å²) in [6.07, 6.45) is 3.46. The molecule has 0 aromatic heterocycles. The Morgan fingerprint density at radius 3 is 2.41 bits per heavy atom. The van der Waals surface area contributed by atoms with Crippen LogP contribution in [0.4, 0.5) is 0 Å². The maximum absolute atomic E-state index is 12.6. The highest BCUT2D eigenvalue weighted by atomic mass is 32.2. The molecule has 6 heteroatoms. The highest BCUT2D eigenvalue weighted by Gasteiger charge is 2.34. The van der Waals surface area contributed by atoms with E-state index in [1.165, 1.54) is 4.90 Å². The third-order valence-corrected chi connectivity index (χ3v) is 8.03. The number of aliphatic hydroxyl groups is 1. The summed E-state index contributed by atoms with van der Waals surface area (Å²) in [7, 11) is -2.24. The molecule has 122 valence electrons. The Hall–Kier alpha value is -0.770. The van der Waals surface area contributed by atoms with Gasteiger partial charge in [-0.05, 0) is 36.3 Å². The van der Waals surface area contributed by atoms with Crippen molar-refractivity contribution in [1.29, 1.82) is 0 Å². The van der Waals surface area contributed by atoms with Crippen molar-refractivity contribution in [2.75, 3.05) is 31.3 Å². The SMILES string of the molecule is CCP(=O)(CC)CC1=N[C@@H](CO)[C@H](c2ccc(SC)cc2)O1. The molecular weight excluding hydrogens is 317 g/mol. The first-order valence-corrected chi connectivity index (χ1v) is 11.1. The van der Waals surface area contributed by atoms with Gasteiger partial charge < -0.3 is 14.4 Å². The van der Waals surface area contributed by atoms with Crippen LogP contribution in [0.1, 0.15) is 25.5 Å². The van der Waals surface area contributed by atoms with E-state index in [-0.39, 0.29) is 18.8 Å². The van der Waals surface area contributed by atoms with E-state index in [0.717, 1.165) is 5.56 Å². The average Bonchev–Trinajstić information content (AvgIpc) is 2.97. The number of ether oxygens (including phenoxy) is 1. The van der Waals surface area contributed by atoms with Crippen molar-refractivity contribution in [2.45, 2.75) is 30.9 Å². The number of rotatable bonds is 7. The molecule has 2 atom stereocenters. The second kappa shape index (κ2) is 7.67. The molecule has 0 radical (unpaired) electrons. The first kappa shape index (κ1) is 17.6. The van der Waals surface area contributed by atoms with Gasteiger partial charge in [-0.25, -0.2) is 4.99 Å². The minimum absolute atomic E-state index is 0.0685. The van der Waals surface area contributed by atoms with Crippen LogP contribution in [0, 0.1) is 0 Å². The molecule has 2 rings (SSSR count). The molecule has 22 heavy (non-hydrogen) atoms. The van der Waals surface area contributed by atoms with Crippen LogP contribution in [0.3, 0.4) is 0 Å². The number of benzene rings is 1. The van der Waals surface area contributed by atoms with Gasteiger partial charge in [-0.2, -0.15) is 0 Å². The molecule has 1 heterocycles. The van der Waals surface area contributed by atoms with Crippen molar-refractivity contribution in [3.63, 3.8) is 0 Å². The van der Waals surface area contributed by atoms with Gasteiger partial charge in [0.05, 0.1) is 19.9 Å². The fourth-order valence-corrected chi connectivity index (χ4v) is 4.45. The molecule has 0 saturated carbocycles. The molecule has 4 nitrogen and oxygen atoms in total. The molecule has 0 spiro atoms. The number of aliphatic imine (C=N–C) groups is 1. The molecule has 0 saturated heterocycles. The van der Waals surface area contributed by atoms with E-state index in [1.54, 1.807) is 11.8 Å². The van der Waals surface area contributed by atoms with Gasteiger partial charge >= 0.3 is 0 Å². The highest BCUT2D eigenvalue weighted by Crippen LogP contribution is 2.46. The lowest BCUT2D eigenvalue weighted by Crippen LogP contribution is -2.18. The minimum atomic E-state index is -2.24. The Morgan fingerprint density at radius 1 is 1.27 bits per heavy atom. The van der Waals surface area contributed by atoms with Crippen LogP contribution in [0.15, 0.2) is 34.2 Å². The Balaban J connectivity index is 2.14. The van der Waals surface area contributed by atoms with E-state index < -0.39 is 7.14 Å². The first-order valence-electron chi connectivity index (χ1n) is 7.60. The van der Waals surface area contributed by atoms with Crippen LogP contribution in [-0.4, -0.2) is 48.4 Å². The van der Waals surface area contributed by atoms with Gasteiger partial charge in [0.15, 0.2) is 5.90 Å². The summed E-state index contributed by atoms with van der Waals surface area (Å²) in [5, 5.41) is 9.57. The van der Waals surface area contributed by atoms with Crippen LogP contribution >= 0.6 is 18.9 Å². The Bertz CT molecular complexity index is 565. The summed E-state index contributed by atoms with van der Waals surface area (Å²) >= 11 is 1.69. The zero-order chi connectivity index (χ0) is 16.2. The molecule has 1 aromatic rings. The average molecular weight is 341 g/mol. The zero-order valence-corrected chi connectivity index (χ0v) is 15.1. The Morgan fingerprint density at radius 2 is 1.91 bits per heavy atom. The normalized spacial score (nSPS) is 21.5. The molecule has 0 aliphatic carbocycles. The van der Waals surface area contributed by atoms with Crippen molar-refractivity contribution in [3.05, 3.63) is 29.8 Å². The third-order valence-electron chi connectivity index (χ3n) is 4.13. The smallest absolute Gasteiger partial charge is 0.192 e. The molecule has 0 bridgehead atoms. The van der Waals surface area contributed by atoms with Crippen molar-refractivity contribution in [2.24, 2.45) is 4.99 Å². The summed E-state index contributed by atoms with van der Waals surface area (Å²) in [5.74, 6) is 0.532. The molecule has 0 amide bonds. The Kier molecular flexibility index (Phi) is 6.13. The number of hydrogen-bond donors (Lipinski definition) is 1. The van der Waals surface area contributed by atoms with Crippen LogP contribution < -0.4 is 0 Å². The van der Waals surface area contributed by atoms with E-state index in [1.807, 2.05) is 44.4 Å². The topological polar surface area (TPSA) is 58.9 Å². The fourth-order valence-electron chi connectivity index (χ4n) is 2.50. The number of thioether (sulfide) groups is 1. The standard InChI is InChI=1S/C16H24NO3PS/c1-4-21(19,5-2)11-15-17-14(10-18)16(20-15)12-6-8-13(22-3)9-7-12/h6-9,14,16,18H,4-5,10-11H2,1-3H3/t14-,16-/m0/s1. The minimum Gasteiger partial charge on any atom is -0.470 e. The van der Waals surface area contributed by atoms with E-state index in [0.29, 0.717) is 24.4 Å². The van der Waals surface area contributed by atoms with Crippen molar-refractivity contribution >= 4 is 24.8 Å². The van der Waals surface area contributed by atoms with Gasteiger partial charge in [0.25, 0.3) is 0 Å². The second-order valence-corrected chi connectivity index (χ2v) is 10.0. The van der Waals surface area contributed by atoms with Crippen LogP contribution in [0.5, 0.6) is 0 Å². The van der Waals surface area contributed by atoms with Crippen molar-refractivity contribution in [1.82, 2.24) is 0 Å². The van der Waals surface area contributed by atoms with Gasteiger partial charge in [-0.3, -0.25) is 0 Å². The van der Waals surface area contributed by atoms with E-state index in [4.69, 9.17) is 4.74 Å². The maximum atomic E-state index is 12.6. The molecule has 1 aliphatic heterocycles. The summed E-state index contributed by atoms with van der Waals surface area (Å²) in [4.78, 5) is 5.64. The molecule has 1 aliphatic rings. The predicted octanol–water partition coefficient (Wildman–Crippen LogP) is 3.64. The quantitative estimate of drug-likeness (QED) is 0.608. The predicted molar refractivity (Wildman–Crippen MR) is 93.9 cm³/mol. The lowest BCUT2D eigenvalue weighted by molar-refractivity contribution is 0.151. The summed E-state index contributed by atoms with van der Waals surface area (Å²) < 4.78 is 18.5. The summed E-state index contributed by atoms with van der Waals surface area (Å²) in [5.41, 5.74) is 0.999. The molecule has 0 unspecified atom stereocenters. The molecular formula is C16H24NO3PS. The number of aliphatic hydroxyl groups excluding tert-OH is 1. The molecule has 1 N–H and O–H groups in total. The Labute approximate surface area is 136 Å². The van der Waals surface area contributed by atoms with E-state index >= 15 is 0 Å². The molecule has 0 fully saturated rings. The van der Waals surface area contributed by atoms with Crippen molar-refractivity contribution < 1.29 is 14.4 Å². The lowest BCUT2D eigenvalue weighted by Gasteiger charge is -2.18. The van der Waals surface area contributed by atoms with Gasteiger partial charge in [-0.1, -0.05) is 26.0 Å². The monoisotopic (exact) mass is 341 g/mol. The number of hydrogen-bond acceptors (Lipinski definition) is 5. The van der Waals surface area contributed by atoms with Crippen molar-refractivity contribution in [3.8, 4) is 0 Å². The van der Waals surface area contributed by atoms with Gasteiger partial charge in [0.1, 0.15) is 12.1 Å². The van der Waals surface area contributed by atoms with Gasteiger partial charge in [-0.15, -0.1) is 11.8 Å². The number of nitrogens with zero attached hydrogens (tertiary/aromatic N) is 1. The summed E-state index contributed by atoms with van der Waals surface area (Å²) in [6, 6.07) is 7.79. The van der Waals surface area contributed by atoms with Gasteiger partial charge in [0.2, 0.25) is 0 Å². The molecule has 1 aromatic carbocycles. The van der Waals surface area contributed by atoms with Crippen LogP contribution in [0.25, 0.3) is 0 Å². The van der Waals surface area contributed by atoms with Crippen LogP contribution in [-0.2, 0) is 9.30 Å². The first-order chi connectivity index (χ1) is 10.5. The summed E-state index contributed by atoms with van der Waals surface area (Å²) in [6.45, 7) is 3.82. The second-order valence-electron chi connectivity index (χ2n) is 5.43. The maximum Gasteiger partial charge on any atom is 0.192 e. The highest BCUT2D eigenvalue weighted by molar-refractivity contribution is 7.98. The van der Waals surface area contributed by atoms with Gasteiger partial charge in [0, 0.05) is 4.90 Å². The third kappa shape index (κ3) is 3.95. The fraction of sp³-hybridized carbons (Fsp3) is 0.562. The zero-order valence-electron chi connectivity index (χ0n) is 13.4. The van der Waals surface area contributed by atoms with Crippen LogP contribution in [0.2, 0.25) is 0 Å². The van der Waals surface area contributed by atoms with E-state index in [2.05, 4.69) is 4.99 Å². The van der Waals surface area contributed by atoms with E-state index in [9.17, 15) is 9.67 Å². The largest absolute Gasteiger partial charge is 0.470 e.